The third-order valence-corrected chi connectivity index (χ3v) is 8.78. The van der Waals surface area contributed by atoms with Crippen molar-refractivity contribution in [1.82, 2.24) is 0 Å². The number of alkyl halides is 2. The van der Waals surface area contributed by atoms with Gasteiger partial charge in [0, 0.05) is 7.26 Å². The van der Waals surface area contributed by atoms with E-state index in [0.717, 1.165) is 24.1 Å². The van der Waals surface area contributed by atoms with Crippen LogP contribution < -0.4 is 17.0 Å². The standard InChI is InChI=1S/C13H20Cl2P.BrH/c1-2-16(10-8-14,11-9-15)12-13-6-4-3-5-7-13;/h3-7H,2,8-12H2,1H3;1H/q+1;/p-1. The summed E-state index contributed by atoms with van der Waals surface area (Å²) in [6, 6.07) is 10.7. The molecule has 1 aromatic rings. The lowest BCUT2D eigenvalue weighted by Gasteiger charge is -2.25. The quantitative estimate of drug-likeness (QED) is 0.514. The molecular weight excluding hydrogens is 338 g/mol. The predicted molar refractivity (Wildman–Crippen MR) is 78.8 cm³/mol. The molecule has 1 rings (SSSR count). The van der Waals surface area contributed by atoms with Crippen LogP contribution in [0.25, 0.3) is 0 Å². The Hall–Kier alpha value is 0.710. The van der Waals surface area contributed by atoms with Crippen molar-refractivity contribution in [3.63, 3.8) is 0 Å². The largest absolute Gasteiger partial charge is 1.00 e. The Morgan fingerprint density at radius 2 is 1.53 bits per heavy atom. The average molecular weight is 358 g/mol. The Kier molecular flexibility index (Phi) is 10.0. The van der Waals surface area contributed by atoms with Crippen LogP contribution in [0, 0.1) is 0 Å². The molecule has 0 radical (unpaired) electrons. The summed E-state index contributed by atoms with van der Waals surface area (Å²) in [5.41, 5.74) is 1.44. The maximum atomic E-state index is 5.95. The Labute approximate surface area is 126 Å². The molecule has 0 aromatic heterocycles. The number of rotatable bonds is 7. The summed E-state index contributed by atoms with van der Waals surface area (Å²) < 4.78 is 0. The monoisotopic (exact) mass is 356 g/mol. The van der Waals surface area contributed by atoms with Crippen molar-refractivity contribution in [3.8, 4) is 0 Å². The number of hydrogen-bond acceptors (Lipinski definition) is 0. The van der Waals surface area contributed by atoms with Gasteiger partial charge in [0.25, 0.3) is 0 Å². The second kappa shape index (κ2) is 9.62. The zero-order chi connectivity index (χ0) is 11.9. The van der Waals surface area contributed by atoms with Gasteiger partial charge in [-0.3, -0.25) is 0 Å². The van der Waals surface area contributed by atoms with E-state index in [1.54, 1.807) is 0 Å². The molecule has 0 saturated heterocycles. The van der Waals surface area contributed by atoms with E-state index in [9.17, 15) is 0 Å². The first kappa shape index (κ1) is 17.7. The van der Waals surface area contributed by atoms with Gasteiger partial charge in [-0.15, -0.1) is 23.2 Å². The summed E-state index contributed by atoms with van der Waals surface area (Å²) in [4.78, 5) is 0. The van der Waals surface area contributed by atoms with Gasteiger partial charge in [-0.25, -0.2) is 0 Å². The molecule has 1 aromatic carbocycles. The van der Waals surface area contributed by atoms with E-state index in [4.69, 9.17) is 23.2 Å². The van der Waals surface area contributed by atoms with Crippen LogP contribution in [0.2, 0.25) is 0 Å². The third kappa shape index (κ3) is 5.92. The van der Waals surface area contributed by atoms with E-state index in [-0.39, 0.29) is 17.0 Å². The fraction of sp³-hybridized carbons (Fsp3) is 0.538. The summed E-state index contributed by atoms with van der Waals surface area (Å²) in [6.07, 6.45) is 4.77. The molecule has 0 N–H and O–H groups in total. The molecule has 0 aliphatic heterocycles. The van der Waals surface area contributed by atoms with Crippen LogP contribution in [0.5, 0.6) is 0 Å². The first-order valence-corrected chi connectivity index (χ1v) is 9.37. The van der Waals surface area contributed by atoms with Gasteiger partial charge in [-0.2, -0.15) is 0 Å². The highest BCUT2D eigenvalue weighted by Crippen LogP contribution is 2.60. The van der Waals surface area contributed by atoms with Gasteiger partial charge in [0.15, 0.2) is 0 Å². The van der Waals surface area contributed by atoms with Gasteiger partial charge in [-0.1, -0.05) is 30.3 Å². The maximum Gasteiger partial charge on any atom is 0.0843 e. The van der Waals surface area contributed by atoms with Gasteiger partial charge in [0.05, 0.1) is 36.4 Å². The van der Waals surface area contributed by atoms with Crippen molar-refractivity contribution in [3.05, 3.63) is 35.9 Å². The maximum absolute atomic E-state index is 5.95. The second-order valence-corrected chi connectivity index (χ2v) is 9.41. The summed E-state index contributed by atoms with van der Waals surface area (Å²) in [7, 11) is -0.963. The minimum Gasteiger partial charge on any atom is -1.00 e. The minimum atomic E-state index is -0.963. The van der Waals surface area contributed by atoms with Crippen LogP contribution >= 0.6 is 30.5 Å². The van der Waals surface area contributed by atoms with E-state index in [1.165, 1.54) is 17.9 Å². The SMILES string of the molecule is CC[P+](CCCl)(CCCl)Cc1ccccc1.[Br-]. The molecule has 0 nitrogen and oxygen atoms in total. The van der Waals surface area contributed by atoms with Crippen LogP contribution in [0.3, 0.4) is 0 Å². The first-order valence-electron chi connectivity index (χ1n) is 5.77. The molecule has 0 atom stereocenters. The highest BCUT2D eigenvalue weighted by atomic mass is 79.9. The van der Waals surface area contributed by atoms with Crippen molar-refractivity contribution in [2.24, 2.45) is 0 Å². The molecule has 0 aliphatic carbocycles. The fourth-order valence-electron chi connectivity index (χ4n) is 2.03. The summed E-state index contributed by atoms with van der Waals surface area (Å²) in [5.74, 6) is 1.54. The second-order valence-electron chi connectivity index (χ2n) is 4.13. The molecule has 4 heteroatoms. The van der Waals surface area contributed by atoms with Crippen LogP contribution in [-0.2, 0) is 6.16 Å². The summed E-state index contributed by atoms with van der Waals surface area (Å²) in [6.45, 7) is 2.29. The zero-order valence-corrected chi connectivity index (χ0v) is 14.2. The van der Waals surface area contributed by atoms with Crippen molar-refractivity contribution in [2.75, 3.05) is 30.2 Å². The minimum absolute atomic E-state index is 0. The van der Waals surface area contributed by atoms with E-state index in [1.807, 2.05) is 0 Å². The molecule has 0 unspecified atom stereocenters. The average Bonchev–Trinajstić information content (AvgIpc) is 2.31. The van der Waals surface area contributed by atoms with Crippen LogP contribution in [0.1, 0.15) is 12.5 Å². The topological polar surface area (TPSA) is 0 Å². The van der Waals surface area contributed by atoms with Gasteiger partial charge in [0.1, 0.15) is 0 Å². The first-order chi connectivity index (χ1) is 7.76. The van der Waals surface area contributed by atoms with Crippen molar-refractivity contribution in [2.45, 2.75) is 13.1 Å². The van der Waals surface area contributed by atoms with Crippen LogP contribution in [0.15, 0.2) is 30.3 Å². The Bertz CT molecular complexity index is 287. The molecule has 0 fully saturated rings. The predicted octanol–water partition coefficient (Wildman–Crippen LogP) is 1.71. The van der Waals surface area contributed by atoms with E-state index < -0.39 is 7.26 Å². The highest BCUT2D eigenvalue weighted by molar-refractivity contribution is 7.75. The third-order valence-electron chi connectivity index (χ3n) is 3.15. The van der Waals surface area contributed by atoms with E-state index >= 15 is 0 Å². The Morgan fingerprint density at radius 3 is 1.94 bits per heavy atom. The van der Waals surface area contributed by atoms with Gasteiger partial charge < -0.3 is 17.0 Å². The Morgan fingerprint density at radius 1 is 1.00 bits per heavy atom. The highest BCUT2D eigenvalue weighted by Gasteiger charge is 2.34. The number of hydrogen-bond donors (Lipinski definition) is 0. The van der Waals surface area contributed by atoms with Crippen LogP contribution in [0.4, 0.5) is 0 Å². The molecular formula is C13H20BrCl2P. The van der Waals surface area contributed by atoms with Crippen molar-refractivity contribution >= 4 is 30.5 Å². The lowest BCUT2D eigenvalue weighted by atomic mass is 10.2. The summed E-state index contributed by atoms with van der Waals surface area (Å²) >= 11 is 11.9. The van der Waals surface area contributed by atoms with Crippen molar-refractivity contribution < 1.29 is 17.0 Å². The lowest BCUT2D eigenvalue weighted by Crippen LogP contribution is -3.00. The molecule has 98 valence electrons. The van der Waals surface area contributed by atoms with Gasteiger partial charge in [-0.05, 0) is 12.5 Å². The zero-order valence-electron chi connectivity index (χ0n) is 10.2. The summed E-state index contributed by atoms with van der Waals surface area (Å²) in [5, 5.41) is 0. The van der Waals surface area contributed by atoms with Crippen molar-refractivity contribution in [1.29, 1.82) is 0 Å². The normalized spacial score (nSPS) is 11.0. The number of benzene rings is 1. The van der Waals surface area contributed by atoms with Gasteiger partial charge >= 0.3 is 0 Å². The molecule has 0 heterocycles. The number of halogens is 3. The molecule has 0 saturated carbocycles. The smallest absolute Gasteiger partial charge is 0.0843 e. The molecule has 0 bridgehead atoms. The molecule has 17 heavy (non-hydrogen) atoms. The van der Waals surface area contributed by atoms with E-state index in [2.05, 4.69) is 37.3 Å². The molecule has 0 amide bonds. The van der Waals surface area contributed by atoms with E-state index in [0.29, 0.717) is 0 Å². The van der Waals surface area contributed by atoms with Gasteiger partial charge in [0.2, 0.25) is 0 Å². The van der Waals surface area contributed by atoms with Crippen LogP contribution in [-0.4, -0.2) is 30.2 Å². The lowest BCUT2D eigenvalue weighted by molar-refractivity contribution is -0.00000332. The molecule has 0 aliphatic rings. The molecule has 0 spiro atoms. The fourth-order valence-corrected chi connectivity index (χ4v) is 7.28. The Balaban J connectivity index is 0.00000256.